The molecule has 0 bridgehead atoms. The standard InChI is InChI=1S/C21H22N4O5/c1-27-17-8-6-5-7-14(17)15-11-16(24-23-15)21(26)25-22-12-13-9-18(28-2)20(30-4)19(10-13)29-3/h5-12H,1-4H3,(H,23,24)(H,25,26)/b22-12+. The van der Waals surface area contributed by atoms with Crippen LogP contribution in [0.5, 0.6) is 23.0 Å². The summed E-state index contributed by atoms with van der Waals surface area (Å²) in [6.07, 6.45) is 1.47. The topological polar surface area (TPSA) is 107 Å². The number of aromatic nitrogens is 2. The zero-order valence-electron chi connectivity index (χ0n) is 17.1. The zero-order valence-corrected chi connectivity index (χ0v) is 17.1. The third kappa shape index (κ3) is 4.35. The summed E-state index contributed by atoms with van der Waals surface area (Å²) in [5.74, 6) is 1.67. The Labute approximate surface area is 173 Å². The fourth-order valence-electron chi connectivity index (χ4n) is 2.83. The highest BCUT2D eigenvalue weighted by atomic mass is 16.5. The lowest BCUT2D eigenvalue weighted by atomic mass is 10.1. The second-order valence-electron chi connectivity index (χ2n) is 6.02. The van der Waals surface area contributed by atoms with Gasteiger partial charge < -0.3 is 18.9 Å². The number of carbonyl (C=O) groups is 1. The van der Waals surface area contributed by atoms with Crippen LogP contribution >= 0.6 is 0 Å². The molecule has 0 fully saturated rings. The average molecular weight is 410 g/mol. The molecule has 0 aliphatic rings. The van der Waals surface area contributed by atoms with Crippen molar-refractivity contribution in [2.45, 2.75) is 0 Å². The van der Waals surface area contributed by atoms with Gasteiger partial charge in [-0.2, -0.15) is 10.2 Å². The summed E-state index contributed by atoms with van der Waals surface area (Å²) < 4.78 is 21.2. The molecule has 0 atom stereocenters. The molecular weight excluding hydrogens is 388 g/mol. The Kier molecular flexibility index (Phi) is 6.53. The monoisotopic (exact) mass is 410 g/mol. The predicted molar refractivity (Wildman–Crippen MR) is 112 cm³/mol. The van der Waals surface area contributed by atoms with Crippen LogP contribution in [0.3, 0.4) is 0 Å². The predicted octanol–water partition coefficient (Wildman–Crippen LogP) is 2.88. The Morgan fingerprint density at radius 2 is 1.63 bits per heavy atom. The summed E-state index contributed by atoms with van der Waals surface area (Å²) in [6, 6.07) is 12.5. The lowest BCUT2D eigenvalue weighted by molar-refractivity contribution is 0.0950. The maximum absolute atomic E-state index is 12.4. The first-order chi connectivity index (χ1) is 14.6. The molecule has 9 heteroatoms. The molecule has 9 nitrogen and oxygen atoms in total. The molecule has 2 N–H and O–H groups in total. The van der Waals surface area contributed by atoms with Gasteiger partial charge in [0.2, 0.25) is 5.75 Å². The van der Waals surface area contributed by atoms with E-state index in [1.807, 2.05) is 24.3 Å². The number of H-pyrrole nitrogens is 1. The van der Waals surface area contributed by atoms with E-state index in [-0.39, 0.29) is 5.69 Å². The van der Waals surface area contributed by atoms with Crippen molar-refractivity contribution >= 4 is 12.1 Å². The summed E-state index contributed by atoms with van der Waals surface area (Å²) in [5.41, 5.74) is 4.74. The molecule has 30 heavy (non-hydrogen) atoms. The van der Waals surface area contributed by atoms with Gasteiger partial charge in [-0.3, -0.25) is 9.89 Å². The number of benzene rings is 2. The fraction of sp³-hybridized carbons (Fsp3) is 0.190. The molecule has 2 aromatic carbocycles. The fourth-order valence-corrected chi connectivity index (χ4v) is 2.83. The number of hydrogen-bond acceptors (Lipinski definition) is 7. The molecule has 0 spiro atoms. The number of hydrogen-bond donors (Lipinski definition) is 2. The smallest absolute Gasteiger partial charge is 0.289 e. The van der Waals surface area contributed by atoms with Crippen molar-refractivity contribution in [2.24, 2.45) is 5.10 Å². The molecule has 0 aliphatic heterocycles. The van der Waals surface area contributed by atoms with Crippen LogP contribution in [0.25, 0.3) is 11.3 Å². The summed E-state index contributed by atoms with van der Waals surface area (Å²) in [7, 11) is 6.16. The SMILES string of the molecule is COc1ccccc1-c1cc(C(=O)N/N=C/c2cc(OC)c(OC)c(OC)c2)[nH]n1. The number of nitrogens with zero attached hydrogens (tertiary/aromatic N) is 2. The van der Waals surface area contributed by atoms with E-state index in [1.165, 1.54) is 27.5 Å². The number of aromatic amines is 1. The van der Waals surface area contributed by atoms with Gasteiger partial charge in [-0.15, -0.1) is 0 Å². The van der Waals surface area contributed by atoms with Crippen molar-refractivity contribution in [3.8, 4) is 34.3 Å². The molecule has 1 amide bonds. The third-order valence-electron chi connectivity index (χ3n) is 4.27. The van der Waals surface area contributed by atoms with Crippen LogP contribution in [0.2, 0.25) is 0 Å². The van der Waals surface area contributed by atoms with Gasteiger partial charge >= 0.3 is 0 Å². The number of rotatable bonds is 8. The van der Waals surface area contributed by atoms with Crippen molar-refractivity contribution < 1.29 is 23.7 Å². The van der Waals surface area contributed by atoms with E-state index < -0.39 is 5.91 Å². The Bertz CT molecular complexity index is 1040. The van der Waals surface area contributed by atoms with Crippen LogP contribution in [0, 0.1) is 0 Å². The molecule has 1 aromatic heterocycles. The van der Waals surface area contributed by atoms with Gasteiger partial charge in [-0.25, -0.2) is 5.43 Å². The minimum atomic E-state index is -0.438. The van der Waals surface area contributed by atoms with Gasteiger partial charge in [0.25, 0.3) is 5.91 Å². The number of para-hydroxylation sites is 1. The molecular formula is C21H22N4O5. The van der Waals surface area contributed by atoms with E-state index in [1.54, 1.807) is 25.3 Å². The number of ether oxygens (including phenoxy) is 4. The average Bonchev–Trinajstić information content (AvgIpc) is 3.28. The van der Waals surface area contributed by atoms with E-state index >= 15 is 0 Å². The highest BCUT2D eigenvalue weighted by molar-refractivity contribution is 5.94. The molecule has 0 aliphatic carbocycles. The summed E-state index contributed by atoms with van der Waals surface area (Å²) in [4.78, 5) is 12.4. The van der Waals surface area contributed by atoms with Gasteiger partial charge in [0, 0.05) is 11.1 Å². The van der Waals surface area contributed by atoms with Crippen molar-refractivity contribution in [3.05, 3.63) is 53.7 Å². The summed E-state index contributed by atoms with van der Waals surface area (Å²) >= 11 is 0. The summed E-state index contributed by atoms with van der Waals surface area (Å²) in [6.45, 7) is 0. The van der Waals surface area contributed by atoms with Crippen LogP contribution in [0.4, 0.5) is 0 Å². The molecule has 3 aromatic rings. The second-order valence-corrected chi connectivity index (χ2v) is 6.02. The quantitative estimate of drug-likeness (QED) is 0.437. The largest absolute Gasteiger partial charge is 0.496 e. The molecule has 0 saturated heterocycles. The molecule has 0 radical (unpaired) electrons. The van der Waals surface area contributed by atoms with E-state index in [4.69, 9.17) is 18.9 Å². The van der Waals surface area contributed by atoms with Gasteiger partial charge in [-0.1, -0.05) is 12.1 Å². The minimum absolute atomic E-state index is 0.262. The Hall–Kier alpha value is -4.01. The van der Waals surface area contributed by atoms with E-state index in [9.17, 15) is 4.79 Å². The third-order valence-corrected chi connectivity index (χ3v) is 4.27. The maximum atomic E-state index is 12.4. The van der Waals surface area contributed by atoms with Gasteiger partial charge in [0.1, 0.15) is 11.4 Å². The van der Waals surface area contributed by atoms with Crippen molar-refractivity contribution in [1.29, 1.82) is 0 Å². The second kappa shape index (κ2) is 9.46. The number of carbonyl (C=O) groups excluding carboxylic acids is 1. The van der Waals surface area contributed by atoms with Crippen molar-refractivity contribution in [2.75, 3.05) is 28.4 Å². The lowest BCUT2D eigenvalue weighted by Gasteiger charge is -2.12. The Morgan fingerprint density at radius 3 is 2.27 bits per heavy atom. The van der Waals surface area contributed by atoms with Crippen LogP contribution in [-0.4, -0.2) is 50.8 Å². The molecule has 3 rings (SSSR count). The first kappa shape index (κ1) is 20.7. The molecule has 156 valence electrons. The van der Waals surface area contributed by atoms with Crippen LogP contribution in [0.1, 0.15) is 16.1 Å². The molecule has 0 unspecified atom stereocenters. The van der Waals surface area contributed by atoms with Gasteiger partial charge in [-0.05, 0) is 30.3 Å². The van der Waals surface area contributed by atoms with Gasteiger partial charge in [0.15, 0.2) is 11.5 Å². The number of methoxy groups -OCH3 is 4. The number of hydrazone groups is 1. The summed E-state index contributed by atoms with van der Waals surface area (Å²) in [5, 5.41) is 10.9. The molecule has 1 heterocycles. The van der Waals surface area contributed by atoms with E-state index in [0.717, 1.165) is 5.56 Å². The highest BCUT2D eigenvalue weighted by Gasteiger charge is 2.14. The number of amides is 1. The van der Waals surface area contributed by atoms with Crippen molar-refractivity contribution in [3.63, 3.8) is 0 Å². The maximum Gasteiger partial charge on any atom is 0.289 e. The minimum Gasteiger partial charge on any atom is -0.496 e. The first-order valence-corrected chi connectivity index (χ1v) is 8.93. The Morgan fingerprint density at radius 1 is 0.967 bits per heavy atom. The van der Waals surface area contributed by atoms with Crippen molar-refractivity contribution in [1.82, 2.24) is 15.6 Å². The first-order valence-electron chi connectivity index (χ1n) is 8.93. The molecule has 0 saturated carbocycles. The highest BCUT2D eigenvalue weighted by Crippen LogP contribution is 2.37. The van der Waals surface area contributed by atoms with Crippen LogP contribution in [-0.2, 0) is 0 Å². The normalized spacial score (nSPS) is 10.7. The Balaban J connectivity index is 1.73. The van der Waals surface area contributed by atoms with E-state index in [2.05, 4.69) is 20.7 Å². The van der Waals surface area contributed by atoms with Crippen LogP contribution in [0.15, 0.2) is 47.6 Å². The number of nitrogens with one attached hydrogen (secondary N) is 2. The zero-order chi connectivity index (χ0) is 21.5. The van der Waals surface area contributed by atoms with E-state index in [0.29, 0.717) is 34.3 Å². The lowest BCUT2D eigenvalue weighted by Crippen LogP contribution is -2.18. The van der Waals surface area contributed by atoms with Crippen LogP contribution < -0.4 is 24.4 Å². The van der Waals surface area contributed by atoms with Gasteiger partial charge in [0.05, 0.1) is 40.3 Å².